The molecule has 5 heteroatoms. The van der Waals surface area contributed by atoms with Crippen molar-refractivity contribution in [3.05, 3.63) is 29.6 Å². The highest BCUT2D eigenvalue weighted by molar-refractivity contribution is 5.96. The van der Waals surface area contributed by atoms with Crippen LogP contribution in [0.1, 0.15) is 50.7 Å². The zero-order chi connectivity index (χ0) is 16.2. The molecule has 116 valence electrons. The maximum absolute atomic E-state index is 12.3. The van der Waals surface area contributed by atoms with Crippen molar-refractivity contribution in [2.45, 2.75) is 53.2 Å². The maximum atomic E-state index is 12.3. The van der Waals surface area contributed by atoms with Crippen LogP contribution in [-0.2, 0) is 9.53 Å². The van der Waals surface area contributed by atoms with E-state index >= 15 is 0 Å². The number of ether oxygens (including phenoxy) is 1. The minimum atomic E-state index is -0.696. The van der Waals surface area contributed by atoms with Crippen molar-refractivity contribution in [2.75, 3.05) is 0 Å². The molecule has 0 spiro atoms. The highest BCUT2D eigenvalue weighted by atomic mass is 16.6. The van der Waals surface area contributed by atoms with Gasteiger partial charge in [-0.2, -0.15) is 0 Å². The molecule has 21 heavy (non-hydrogen) atoms. The van der Waals surface area contributed by atoms with Gasteiger partial charge in [0.05, 0.1) is 0 Å². The monoisotopic (exact) mass is 292 g/mol. The van der Waals surface area contributed by atoms with E-state index in [-0.39, 0.29) is 11.8 Å². The van der Waals surface area contributed by atoms with Crippen molar-refractivity contribution in [1.82, 2.24) is 10.3 Å². The number of amides is 1. The Kier molecular flexibility index (Phi) is 5.47. The Morgan fingerprint density at radius 2 is 1.90 bits per heavy atom. The fraction of sp³-hybridized carbons (Fsp3) is 0.562. The van der Waals surface area contributed by atoms with Gasteiger partial charge in [-0.1, -0.05) is 19.9 Å². The first-order chi connectivity index (χ1) is 9.61. The van der Waals surface area contributed by atoms with E-state index in [9.17, 15) is 9.59 Å². The van der Waals surface area contributed by atoms with Crippen molar-refractivity contribution in [2.24, 2.45) is 5.92 Å². The van der Waals surface area contributed by atoms with Crippen molar-refractivity contribution >= 4 is 11.9 Å². The summed E-state index contributed by atoms with van der Waals surface area (Å²) in [6, 6.07) is 2.87. The number of nitrogens with one attached hydrogen (secondary N) is 1. The normalized spacial score (nSPS) is 12.9. The average molecular weight is 292 g/mol. The number of aromatic nitrogens is 1. The maximum Gasteiger partial charge on any atom is 0.329 e. The number of carbonyl (C=O) groups excluding carboxylic acids is 2. The van der Waals surface area contributed by atoms with Crippen LogP contribution in [0.2, 0.25) is 0 Å². The Hall–Kier alpha value is -1.91. The van der Waals surface area contributed by atoms with Gasteiger partial charge in [0.2, 0.25) is 0 Å². The summed E-state index contributed by atoms with van der Waals surface area (Å²) in [5, 5.41) is 2.72. The van der Waals surface area contributed by atoms with Gasteiger partial charge in [0.1, 0.15) is 17.3 Å². The first kappa shape index (κ1) is 17.1. The van der Waals surface area contributed by atoms with Crippen LogP contribution in [0.3, 0.4) is 0 Å². The number of hydrogen-bond acceptors (Lipinski definition) is 4. The lowest BCUT2D eigenvalue weighted by Gasteiger charge is -2.26. The van der Waals surface area contributed by atoms with E-state index in [1.54, 1.807) is 46.0 Å². The van der Waals surface area contributed by atoms with Crippen LogP contribution >= 0.6 is 0 Å². The second-order valence-corrected chi connectivity index (χ2v) is 6.40. The first-order valence-electron chi connectivity index (χ1n) is 7.07. The third-order valence-corrected chi connectivity index (χ3v) is 2.84. The molecule has 0 radical (unpaired) electrons. The zero-order valence-corrected chi connectivity index (χ0v) is 13.6. The number of carbonyl (C=O) groups is 2. The molecule has 0 saturated heterocycles. The van der Waals surface area contributed by atoms with Gasteiger partial charge in [0, 0.05) is 6.20 Å². The molecule has 0 aliphatic carbocycles. The fourth-order valence-corrected chi connectivity index (χ4v) is 1.80. The van der Waals surface area contributed by atoms with Crippen LogP contribution in [-0.4, -0.2) is 28.5 Å². The van der Waals surface area contributed by atoms with Gasteiger partial charge in [0.25, 0.3) is 5.91 Å². The number of esters is 1. The first-order valence-corrected chi connectivity index (χ1v) is 7.07. The summed E-state index contributed by atoms with van der Waals surface area (Å²) < 4.78 is 5.35. The molecule has 1 N–H and O–H groups in total. The fourth-order valence-electron chi connectivity index (χ4n) is 1.80. The molecule has 0 fully saturated rings. The van der Waals surface area contributed by atoms with E-state index in [0.29, 0.717) is 5.69 Å². The van der Waals surface area contributed by atoms with E-state index in [2.05, 4.69) is 10.3 Å². The average Bonchev–Trinajstić information content (AvgIpc) is 2.33. The Bertz CT molecular complexity index is 518. The largest absolute Gasteiger partial charge is 0.458 e. The lowest BCUT2D eigenvalue weighted by atomic mass is 10.0. The molecule has 1 aromatic rings. The molecule has 1 heterocycles. The van der Waals surface area contributed by atoms with E-state index < -0.39 is 17.6 Å². The third kappa shape index (κ3) is 5.17. The summed E-state index contributed by atoms with van der Waals surface area (Å²) in [6.07, 6.45) is 1.56. The van der Waals surface area contributed by atoms with E-state index in [1.807, 2.05) is 13.8 Å². The number of nitrogens with zero attached hydrogens (tertiary/aromatic N) is 1. The summed E-state index contributed by atoms with van der Waals surface area (Å²) >= 11 is 0. The Morgan fingerprint density at radius 1 is 1.29 bits per heavy atom. The SMILES string of the molecule is Cc1cccnc1C(=O)N[C@H](C(=O)OC(C)(C)C)C(C)C. The standard InChI is InChI=1S/C16H24N2O3/c1-10(2)12(15(20)21-16(4,5)6)18-14(19)13-11(3)8-7-9-17-13/h7-10,12H,1-6H3,(H,18,19)/t12-/m0/s1. The lowest BCUT2D eigenvalue weighted by Crippen LogP contribution is -2.47. The molecule has 0 bridgehead atoms. The van der Waals surface area contributed by atoms with Crippen molar-refractivity contribution in [3.63, 3.8) is 0 Å². The van der Waals surface area contributed by atoms with Crippen molar-refractivity contribution in [3.8, 4) is 0 Å². The van der Waals surface area contributed by atoms with Gasteiger partial charge in [-0.15, -0.1) is 0 Å². The highest BCUT2D eigenvalue weighted by Crippen LogP contribution is 2.13. The van der Waals surface area contributed by atoms with Crippen molar-refractivity contribution < 1.29 is 14.3 Å². The van der Waals surface area contributed by atoms with Crippen molar-refractivity contribution in [1.29, 1.82) is 0 Å². The predicted molar refractivity (Wildman–Crippen MR) is 80.9 cm³/mol. The minimum absolute atomic E-state index is 0.0761. The van der Waals surface area contributed by atoms with Gasteiger partial charge in [0.15, 0.2) is 0 Å². The molecular weight excluding hydrogens is 268 g/mol. The van der Waals surface area contributed by atoms with Crippen LogP contribution in [0, 0.1) is 12.8 Å². The molecule has 1 aromatic heterocycles. The summed E-state index contributed by atoms with van der Waals surface area (Å²) in [7, 11) is 0. The molecule has 0 aromatic carbocycles. The molecule has 0 aliphatic heterocycles. The summed E-state index contributed by atoms with van der Waals surface area (Å²) in [6.45, 7) is 10.9. The summed E-state index contributed by atoms with van der Waals surface area (Å²) in [5.74, 6) is -0.870. The second kappa shape index (κ2) is 6.70. The molecule has 1 amide bonds. The highest BCUT2D eigenvalue weighted by Gasteiger charge is 2.29. The Balaban J connectivity index is 2.87. The molecule has 0 unspecified atom stereocenters. The minimum Gasteiger partial charge on any atom is -0.458 e. The Labute approximate surface area is 126 Å². The molecule has 5 nitrogen and oxygen atoms in total. The van der Waals surface area contributed by atoms with Gasteiger partial charge in [-0.25, -0.2) is 4.79 Å². The van der Waals surface area contributed by atoms with Gasteiger partial charge in [-0.05, 0) is 45.2 Å². The lowest BCUT2D eigenvalue weighted by molar-refractivity contribution is -0.158. The smallest absolute Gasteiger partial charge is 0.329 e. The summed E-state index contributed by atoms with van der Waals surface area (Å²) in [4.78, 5) is 28.5. The van der Waals surface area contributed by atoms with Gasteiger partial charge >= 0.3 is 5.97 Å². The van der Waals surface area contributed by atoms with Crippen LogP contribution < -0.4 is 5.32 Å². The van der Waals surface area contributed by atoms with Gasteiger partial charge < -0.3 is 10.1 Å². The Morgan fingerprint density at radius 3 is 2.38 bits per heavy atom. The molecular formula is C16H24N2O3. The molecule has 1 atom stereocenters. The molecule has 0 aliphatic rings. The predicted octanol–water partition coefficient (Wildman–Crippen LogP) is 2.49. The zero-order valence-electron chi connectivity index (χ0n) is 13.6. The van der Waals surface area contributed by atoms with E-state index in [1.165, 1.54) is 0 Å². The third-order valence-electron chi connectivity index (χ3n) is 2.84. The molecule has 0 saturated carbocycles. The topological polar surface area (TPSA) is 68.3 Å². The van der Waals surface area contributed by atoms with Crippen LogP contribution in [0.25, 0.3) is 0 Å². The quantitative estimate of drug-likeness (QED) is 0.866. The van der Waals surface area contributed by atoms with Crippen LogP contribution in [0.5, 0.6) is 0 Å². The van der Waals surface area contributed by atoms with Crippen LogP contribution in [0.4, 0.5) is 0 Å². The number of pyridine rings is 1. The number of hydrogen-bond donors (Lipinski definition) is 1. The van der Waals surface area contributed by atoms with E-state index in [4.69, 9.17) is 4.74 Å². The molecule has 1 rings (SSSR count). The number of aryl methyl sites for hydroxylation is 1. The summed E-state index contributed by atoms with van der Waals surface area (Å²) in [5.41, 5.74) is 0.504. The van der Waals surface area contributed by atoms with Gasteiger partial charge in [-0.3, -0.25) is 9.78 Å². The number of rotatable bonds is 4. The van der Waals surface area contributed by atoms with E-state index in [0.717, 1.165) is 5.56 Å². The second-order valence-electron chi connectivity index (χ2n) is 6.40. The van der Waals surface area contributed by atoms with Crippen LogP contribution in [0.15, 0.2) is 18.3 Å².